The van der Waals surface area contributed by atoms with E-state index in [0.29, 0.717) is 16.8 Å². The third-order valence-corrected chi connectivity index (χ3v) is 4.72. The number of hydrogen-bond donors (Lipinski definition) is 2. The summed E-state index contributed by atoms with van der Waals surface area (Å²) in [5.41, 5.74) is 0.502. The highest BCUT2D eigenvalue weighted by Gasteiger charge is 2.30. The number of hydrogen-bond acceptors (Lipinski definition) is 2. The molecule has 0 saturated carbocycles. The summed E-state index contributed by atoms with van der Waals surface area (Å²) >= 11 is 0. The molecule has 0 aliphatic carbocycles. The van der Waals surface area contributed by atoms with Crippen LogP contribution < -0.4 is 10.6 Å². The maximum Gasteiger partial charge on any atom is 0.416 e. The van der Waals surface area contributed by atoms with Crippen LogP contribution in [0.1, 0.15) is 40.7 Å². The van der Waals surface area contributed by atoms with Crippen LogP contribution in [0.3, 0.4) is 0 Å². The summed E-state index contributed by atoms with van der Waals surface area (Å²) in [5, 5.41) is 5.14. The van der Waals surface area contributed by atoms with Gasteiger partial charge in [-0.05, 0) is 55.2 Å². The van der Waals surface area contributed by atoms with Crippen LogP contribution in [0.15, 0.2) is 48.5 Å². The Morgan fingerprint density at radius 3 is 2.41 bits per heavy atom. The van der Waals surface area contributed by atoms with Gasteiger partial charge in [0, 0.05) is 30.9 Å². The summed E-state index contributed by atoms with van der Waals surface area (Å²) in [6.07, 6.45) is -1.33. The van der Waals surface area contributed by atoms with Gasteiger partial charge >= 0.3 is 12.2 Å². The predicted molar refractivity (Wildman–Crippen MR) is 103 cm³/mol. The number of benzene rings is 2. The smallest absolute Gasteiger partial charge is 0.339 e. The summed E-state index contributed by atoms with van der Waals surface area (Å²) in [5.74, 6) is -0.0716. The van der Waals surface area contributed by atoms with Gasteiger partial charge in [-0.1, -0.05) is 18.2 Å². The summed E-state index contributed by atoms with van der Waals surface area (Å²) in [4.78, 5) is 26.5. The minimum Gasteiger partial charge on any atom is -0.339 e. The Kier molecular flexibility index (Phi) is 6.41. The van der Waals surface area contributed by atoms with Crippen molar-refractivity contribution in [1.29, 1.82) is 0 Å². The second-order valence-electron chi connectivity index (χ2n) is 6.94. The fourth-order valence-electron chi connectivity index (χ4n) is 3.22. The largest absolute Gasteiger partial charge is 0.416 e. The first-order valence-corrected chi connectivity index (χ1v) is 9.43. The quantitative estimate of drug-likeness (QED) is 0.778. The van der Waals surface area contributed by atoms with Crippen LogP contribution in [-0.2, 0) is 12.7 Å². The molecule has 1 saturated heterocycles. The van der Waals surface area contributed by atoms with Crippen molar-refractivity contribution >= 4 is 17.6 Å². The number of amides is 3. The van der Waals surface area contributed by atoms with Crippen LogP contribution in [0.2, 0.25) is 0 Å². The lowest BCUT2D eigenvalue weighted by atomic mass is 10.1. The molecule has 0 bridgehead atoms. The Morgan fingerprint density at radius 2 is 1.69 bits per heavy atom. The topological polar surface area (TPSA) is 61.4 Å². The van der Waals surface area contributed by atoms with Crippen molar-refractivity contribution in [1.82, 2.24) is 10.2 Å². The summed E-state index contributed by atoms with van der Waals surface area (Å²) in [6.45, 7) is 1.41. The maximum atomic E-state index is 12.8. The van der Waals surface area contributed by atoms with Crippen LogP contribution in [0.4, 0.5) is 23.7 Å². The molecule has 29 heavy (non-hydrogen) atoms. The van der Waals surface area contributed by atoms with Gasteiger partial charge in [0.2, 0.25) is 0 Å². The molecule has 154 valence electrons. The zero-order valence-electron chi connectivity index (χ0n) is 15.8. The Morgan fingerprint density at radius 1 is 0.966 bits per heavy atom. The molecule has 1 fully saturated rings. The van der Waals surface area contributed by atoms with Crippen molar-refractivity contribution in [3.8, 4) is 0 Å². The summed E-state index contributed by atoms with van der Waals surface area (Å²) in [6, 6.07) is 10.8. The number of urea groups is 1. The molecule has 2 N–H and O–H groups in total. The first kappa shape index (κ1) is 20.7. The SMILES string of the molecule is O=C(NCc1cccc(C(F)(F)F)c1)Nc1cccc(C(=O)N2CCCCC2)c1. The van der Waals surface area contributed by atoms with E-state index in [1.807, 2.05) is 0 Å². The third-order valence-electron chi connectivity index (χ3n) is 4.72. The number of halogens is 3. The first-order chi connectivity index (χ1) is 13.8. The summed E-state index contributed by atoms with van der Waals surface area (Å²) in [7, 11) is 0. The number of nitrogens with one attached hydrogen (secondary N) is 2. The van der Waals surface area contributed by atoms with Gasteiger partial charge in [0.05, 0.1) is 5.56 Å². The van der Waals surface area contributed by atoms with Crippen molar-refractivity contribution in [3.05, 3.63) is 65.2 Å². The van der Waals surface area contributed by atoms with E-state index in [0.717, 1.165) is 44.5 Å². The molecule has 2 aromatic carbocycles. The maximum absolute atomic E-state index is 12.8. The van der Waals surface area contributed by atoms with Gasteiger partial charge in [-0.3, -0.25) is 4.79 Å². The lowest BCUT2D eigenvalue weighted by Crippen LogP contribution is -2.35. The van der Waals surface area contributed by atoms with Gasteiger partial charge in [-0.2, -0.15) is 13.2 Å². The molecule has 3 amide bonds. The molecule has 5 nitrogen and oxygen atoms in total. The molecule has 1 heterocycles. The van der Waals surface area contributed by atoms with E-state index in [-0.39, 0.29) is 12.5 Å². The van der Waals surface area contributed by atoms with E-state index in [2.05, 4.69) is 10.6 Å². The predicted octanol–water partition coefficient (Wildman–Crippen LogP) is 4.65. The zero-order chi connectivity index (χ0) is 20.9. The molecule has 0 aromatic heterocycles. The van der Waals surface area contributed by atoms with Crippen LogP contribution in [0, 0.1) is 0 Å². The molecule has 0 spiro atoms. The van der Waals surface area contributed by atoms with Gasteiger partial charge in [-0.15, -0.1) is 0 Å². The highest BCUT2D eigenvalue weighted by atomic mass is 19.4. The van der Waals surface area contributed by atoms with Crippen LogP contribution in [0.25, 0.3) is 0 Å². The molecule has 2 aromatic rings. The van der Waals surface area contributed by atoms with E-state index >= 15 is 0 Å². The molecule has 0 unspecified atom stereocenters. The Bertz CT molecular complexity index is 877. The van der Waals surface area contributed by atoms with Crippen molar-refractivity contribution in [2.45, 2.75) is 32.0 Å². The number of piperidine rings is 1. The van der Waals surface area contributed by atoms with Crippen molar-refractivity contribution < 1.29 is 22.8 Å². The molecular formula is C21H22F3N3O2. The third kappa shape index (κ3) is 5.73. The lowest BCUT2D eigenvalue weighted by molar-refractivity contribution is -0.137. The highest BCUT2D eigenvalue weighted by molar-refractivity contribution is 5.97. The Hall–Kier alpha value is -3.03. The molecule has 8 heteroatoms. The van der Waals surface area contributed by atoms with Crippen molar-refractivity contribution in [3.63, 3.8) is 0 Å². The monoisotopic (exact) mass is 405 g/mol. The Labute approximate surface area is 166 Å². The van der Waals surface area contributed by atoms with Crippen molar-refractivity contribution in [2.24, 2.45) is 0 Å². The molecule has 0 atom stereocenters. The van der Waals surface area contributed by atoms with Crippen LogP contribution in [-0.4, -0.2) is 29.9 Å². The van der Waals surface area contributed by atoms with Crippen LogP contribution in [0.5, 0.6) is 0 Å². The van der Waals surface area contributed by atoms with E-state index in [1.165, 1.54) is 12.1 Å². The van der Waals surface area contributed by atoms with Gasteiger partial charge in [0.1, 0.15) is 0 Å². The van der Waals surface area contributed by atoms with Gasteiger partial charge in [-0.25, -0.2) is 4.79 Å². The average molecular weight is 405 g/mol. The van der Waals surface area contributed by atoms with E-state index in [9.17, 15) is 22.8 Å². The Balaban J connectivity index is 1.58. The zero-order valence-corrected chi connectivity index (χ0v) is 15.8. The van der Waals surface area contributed by atoms with E-state index < -0.39 is 17.8 Å². The molecular weight excluding hydrogens is 383 g/mol. The average Bonchev–Trinajstić information content (AvgIpc) is 2.72. The number of carbonyl (C=O) groups is 2. The van der Waals surface area contributed by atoms with Gasteiger partial charge in [0.25, 0.3) is 5.91 Å². The number of rotatable bonds is 4. The highest BCUT2D eigenvalue weighted by Crippen LogP contribution is 2.29. The summed E-state index contributed by atoms with van der Waals surface area (Å²) < 4.78 is 38.3. The second kappa shape index (κ2) is 8.98. The van der Waals surface area contributed by atoms with E-state index in [1.54, 1.807) is 29.2 Å². The fourth-order valence-corrected chi connectivity index (χ4v) is 3.22. The second-order valence-corrected chi connectivity index (χ2v) is 6.94. The minimum absolute atomic E-state index is 0.0534. The van der Waals surface area contributed by atoms with Crippen LogP contribution >= 0.6 is 0 Å². The minimum atomic E-state index is -4.43. The van der Waals surface area contributed by atoms with E-state index in [4.69, 9.17) is 0 Å². The number of nitrogens with zero attached hydrogens (tertiary/aromatic N) is 1. The fraction of sp³-hybridized carbons (Fsp3) is 0.333. The number of alkyl halides is 3. The number of carbonyl (C=O) groups excluding carboxylic acids is 2. The normalized spacial score (nSPS) is 14.4. The molecule has 1 aliphatic rings. The molecule has 1 aliphatic heterocycles. The van der Waals surface area contributed by atoms with Crippen molar-refractivity contribution in [2.75, 3.05) is 18.4 Å². The standard InChI is InChI=1S/C21H22F3N3O2/c22-21(23,24)17-8-4-6-15(12-17)14-25-20(29)26-18-9-5-7-16(13-18)19(28)27-10-2-1-3-11-27/h4-9,12-13H,1-3,10-11,14H2,(H2,25,26,29). The lowest BCUT2D eigenvalue weighted by Gasteiger charge is -2.26. The first-order valence-electron chi connectivity index (χ1n) is 9.43. The number of likely N-dealkylation sites (tertiary alicyclic amines) is 1. The molecule has 3 rings (SSSR count). The number of anilines is 1. The van der Waals surface area contributed by atoms with Gasteiger partial charge < -0.3 is 15.5 Å². The molecule has 0 radical (unpaired) electrons. The van der Waals surface area contributed by atoms with Gasteiger partial charge in [0.15, 0.2) is 0 Å².